The smallest absolute Gasteiger partial charge is 0.125 e. The van der Waals surface area contributed by atoms with Crippen LogP contribution in [-0.4, -0.2) is 11.7 Å². The summed E-state index contributed by atoms with van der Waals surface area (Å²) in [6.45, 7) is 2.44. The first-order valence-corrected chi connectivity index (χ1v) is 6.73. The number of hydrogen-bond donors (Lipinski definition) is 1. The van der Waals surface area contributed by atoms with E-state index in [1.54, 1.807) is 18.2 Å². The van der Waals surface area contributed by atoms with Crippen LogP contribution in [0.25, 0.3) is 0 Å². The van der Waals surface area contributed by atoms with Crippen molar-refractivity contribution >= 4 is 23.2 Å². The highest BCUT2D eigenvalue weighted by molar-refractivity contribution is 6.35. The molecule has 0 bridgehead atoms. The molecule has 1 atom stereocenters. The second-order valence-electron chi connectivity index (χ2n) is 4.04. The summed E-state index contributed by atoms with van der Waals surface area (Å²) >= 11 is 12.0. The van der Waals surface area contributed by atoms with Gasteiger partial charge in [0, 0.05) is 21.2 Å². The molecule has 2 aromatic carbocycles. The maximum Gasteiger partial charge on any atom is 0.125 e. The van der Waals surface area contributed by atoms with Gasteiger partial charge in [-0.2, -0.15) is 0 Å². The minimum atomic E-state index is -0.840. The number of aliphatic hydroxyl groups excluding tert-OH is 1. The van der Waals surface area contributed by atoms with E-state index < -0.39 is 6.10 Å². The fourth-order valence-corrected chi connectivity index (χ4v) is 2.40. The third-order valence-electron chi connectivity index (χ3n) is 2.77. The quantitative estimate of drug-likeness (QED) is 0.902. The molecule has 0 radical (unpaired) electrons. The summed E-state index contributed by atoms with van der Waals surface area (Å²) in [6.07, 6.45) is -0.840. The van der Waals surface area contributed by atoms with Crippen molar-refractivity contribution in [1.29, 1.82) is 0 Å². The van der Waals surface area contributed by atoms with Crippen LogP contribution >= 0.6 is 23.2 Å². The monoisotopic (exact) mass is 296 g/mol. The van der Waals surface area contributed by atoms with Crippen molar-refractivity contribution in [2.24, 2.45) is 0 Å². The molecule has 1 N–H and O–H groups in total. The summed E-state index contributed by atoms with van der Waals surface area (Å²) in [5.41, 5.74) is 1.30. The Hall–Kier alpha value is -1.22. The summed E-state index contributed by atoms with van der Waals surface area (Å²) in [5.74, 6) is 0.656. The molecule has 0 fully saturated rings. The third kappa shape index (κ3) is 3.21. The summed E-state index contributed by atoms with van der Waals surface area (Å²) < 4.78 is 5.51. The second kappa shape index (κ2) is 6.29. The largest absolute Gasteiger partial charge is 0.493 e. The van der Waals surface area contributed by atoms with Crippen molar-refractivity contribution < 1.29 is 9.84 Å². The molecule has 0 aliphatic carbocycles. The van der Waals surface area contributed by atoms with Gasteiger partial charge in [0.05, 0.1) is 6.61 Å². The number of hydrogen-bond acceptors (Lipinski definition) is 2. The fourth-order valence-electron chi connectivity index (χ4n) is 1.88. The number of rotatable bonds is 4. The summed E-state index contributed by atoms with van der Waals surface area (Å²) in [6, 6.07) is 12.4. The standard InChI is InChI=1S/C15H14Cl2O2/c1-2-19-14-6-4-3-5-12(14)15(18)11-8-7-10(16)9-13(11)17/h3-9,15,18H,2H2,1H3. The lowest BCUT2D eigenvalue weighted by Gasteiger charge is -2.17. The van der Waals surface area contributed by atoms with Crippen molar-refractivity contribution in [2.75, 3.05) is 6.61 Å². The molecule has 2 rings (SSSR count). The molecule has 100 valence electrons. The van der Waals surface area contributed by atoms with Crippen molar-refractivity contribution in [3.05, 3.63) is 63.6 Å². The van der Waals surface area contributed by atoms with E-state index in [-0.39, 0.29) is 0 Å². The second-order valence-corrected chi connectivity index (χ2v) is 4.88. The van der Waals surface area contributed by atoms with Crippen LogP contribution < -0.4 is 4.74 Å². The van der Waals surface area contributed by atoms with Crippen LogP contribution in [-0.2, 0) is 0 Å². The minimum Gasteiger partial charge on any atom is -0.493 e. The Morgan fingerprint density at radius 1 is 1.11 bits per heavy atom. The molecule has 0 saturated heterocycles. The average Bonchev–Trinajstić information content (AvgIpc) is 2.39. The molecular weight excluding hydrogens is 283 g/mol. The van der Waals surface area contributed by atoms with Crippen LogP contribution in [0.3, 0.4) is 0 Å². The van der Waals surface area contributed by atoms with E-state index in [0.29, 0.717) is 33.5 Å². The van der Waals surface area contributed by atoms with Crippen molar-refractivity contribution in [2.45, 2.75) is 13.0 Å². The normalized spacial score (nSPS) is 12.2. The minimum absolute atomic E-state index is 0.436. The molecule has 0 saturated carbocycles. The molecule has 4 heteroatoms. The first-order chi connectivity index (χ1) is 9.13. The molecule has 0 spiro atoms. The van der Waals surface area contributed by atoms with E-state index in [1.165, 1.54) is 0 Å². The molecule has 19 heavy (non-hydrogen) atoms. The summed E-state index contributed by atoms with van der Waals surface area (Å²) in [7, 11) is 0. The van der Waals surface area contributed by atoms with Gasteiger partial charge in [-0.05, 0) is 25.1 Å². The molecule has 2 nitrogen and oxygen atoms in total. The summed E-state index contributed by atoms with van der Waals surface area (Å²) in [5, 5.41) is 11.4. The molecule has 1 unspecified atom stereocenters. The topological polar surface area (TPSA) is 29.5 Å². The van der Waals surface area contributed by atoms with Crippen LogP contribution in [0.5, 0.6) is 5.75 Å². The van der Waals surface area contributed by atoms with Crippen molar-refractivity contribution in [3.63, 3.8) is 0 Å². The summed E-state index contributed by atoms with van der Waals surface area (Å²) in [4.78, 5) is 0. The molecule has 0 heterocycles. The van der Waals surface area contributed by atoms with Crippen LogP contribution in [0.4, 0.5) is 0 Å². The molecule has 0 aromatic heterocycles. The van der Waals surface area contributed by atoms with Gasteiger partial charge < -0.3 is 9.84 Å². The number of para-hydroxylation sites is 1. The van der Waals surface area contributed by atoms with Crippen molar-refractivity contribution in [1.82, 2.24) is 0 Å². The predicted octanol–water partition coefficient (Wildman–Crippen LogP) is 4.47. The highest BCUT2D eigenvalue weighted by Gasteiger charge is 2.17. The molecule has 0 amide bonds. The lowest BCUT2D eigenvalue weighted by molar-refractivity contribution is 0.212. The van der Waals surface area contributed by atoms with Gasteiger partial charge in [-0.25, -0.2) is 0 Å². The maximum absolute atomic E-state index is 10.5. The maximum atomic E-state index is 10.5. The Morgan fingerprint density at radius 2 is 1.84 bits per heavy atom. The van der Waals surface area contributed by atoms with Gasteiger partial charge >= 0.3 is 0 Å². The highest BCUT2D eigenvalue weighted by Crippen LogP contribution is 2.34. The van der Waals surface area contributed by atoms with Gasteiger partial charge in [0.1, 0.15) is 11.9 Å². The average molecular weight is 297 g/mol. The van der Waals surface area contributed by atoms with Gasteiger partial charge in [-0.3, -0.25) is 0 Å². The predicted molar refractivity (Wildman–Crippen MR) is 78.1 cm³/mol. The SMILES string of the molecule is CCOc1ccccc1C(O)c1ccc(Cl)cc1Cl. The van der Waals surface area contributed by atoms with Gasteiger partial charge in [-0.1, -0.05) is 47.5 Å². The Balaban J connectivity index is 2.41. The van der Waals surface area contributed by atoms with E-state index in [4.69, 9.17) is 27.9 Å². The Morgan fingerprint density at radius 3 is 2.53 bits per heavy atom. The number of benzene rings is 2. The molecular formula is C15H14Cl2O2. The van der Waals surface area contributed by atoms with Gasteiger partial charge in [0.25, 0.3) is 0 Å². The zero-order chi connectivity index (χ0) is 13.8. The first kappa shape index (κ1) is 14.2. The number of halogens is 2. The van der Waals surface area contributed by atoms with Crippen LogP contribution in [0.1, 0.15) is 24.2 Å². The molecule has 0 aliphatic rings. The van der Waals surface area contributed by atoms with E-state index in [0.717, 1.165) is 0 Å². The fraction of sp³-hybridized carbons (Fsp3) is 0.200. The zero-order valence-corrected chi connectivity index (χ0v) is 11.9. The molecule has 0 aliphatic heterocycles. The van der Waals surface area contributed by atoms with Crippen LogP contribution in [0, 0.1) is 0 Å². The first-order valence-electron chi connectivity index (χ1n) is 5.98. The van der Waals surface area contributed by atoms with Crippen LogP contribution in [0.2, 0.25) is 10.0 Å². The van der Waals surface area contributed by atoms with E-state index in [9.17, 15) is 5.11 Å². The number of ether oxygens (including phenoxy) is 1. The van der Waals surface area contributed by atoms with Crippen molar-refractivity contribution in [3.8, 4) is 5.75 Å². The van der Waals surface area contributed by atoms with E-state index >= 15 is 0 Å². The Bertz CT molecular complexity index is 570. The van der Waals surface area contributed by atoms with Crippen LogP contribution in [0.15, 0.2) is 42.5 Å². The van der Waals surface area contributed by atoms with E-state index in [1.807, 2.05) is 31.2 Å². The molecule has 2 aromatic rings. The van der Waals surface area contributed by atoms with Gasteiger partial charge in [0.2, 0.25) is 0 Å². The number of aliphatic hydroxyl groups is 1. The third-order valence-corrected chi connectivity index (χ3v) is 3.33. The van der Waals surface area contributed by atoms with E-state index in [2.05, 4.69) is 0 Å². The zero-order valence-electron chi connectivity index (χ0n) is 10.4. The Kier molecular flexibility index (Phi) is 4.70. The highest BCUT2D eigenvalue weighted by atomic mass is 35.5. The van der Waals surface area contributed by atoms with Gasteiger partial charge in [-0.15, -0.1) is 0 Å². The lowest BCUT2D eigenvalue weighted by atomic mass is 10.0. The Labute approximate surface area is 122 Å². The lowest BCUT2D eigenvalue weighted by Crippen LogP contribution is -2.04. The van der Waals surface area contributed by atoms with Gasteiger partial charge in [0.15, 0.2) is 0 Å².